The third-order valence-electron chi connectivity index (χ3n) is 3.86. The average molecular weight is 283 g/mol. The largest absolute Gasteiger partial charge is 0.492 e. The third-order valence-corrected chi connectivity index (χ3v) is 3.86. The lowest BCUT2D eigenvalue weighted by molar-refractivity contribution is 0.149. The molecule has 0 saturated carbocycles. The highest BCUT2D eigenvalue weighted by atomic mass is 16.5. The molecule has 2 heterocycles. The number of pyridine rings is 1. The number of ether oxygens (including phenoxy) is 1. The van der Waals surface area contributed by atoms with E-state index in [1.165, 1.54) is 5.56 Å². The first-order chi connectivity index (χ1) is 10.3. The summed E-state index contributed by atoms with van der Waals surface area (Å²) in [6, 6.07) is 14.3. The van der Waals surface area contributed by atoms with Gasteiger partial charge >= 0.3 is 0 Å². The first-order valence-electron chi connectivity index (χ1n) is 7.37. The van der Waals surface area contributed by atoms with E-state index in [2.05, 4.69) is 16.0 Å². The van der Waals surface area contributed by atoms with Gasteiger partial charge in [0.25, 0.3) is 0 Å². The molecule has 2 aromatic rings. The zero-order chi connectivity index (χ0) is 14.7. The fourth-order valence-corrected chi connectivity index (χ4v) is 2.92. The molecule has 0 aliphatic carbocycles. The lowest BCUT2D eigenvalue weighted by Gasteiger charge is -2.32. The number of rotatable bonds is 3. The normalized spacial score (nSPS) is 18.2. The Hall–Kier alpha value is -1.91. The van der Waals surface area contributed by atoms with Crippen LogP contribution in [0.4, 0.5) is 0 Å². The molecule has 0 radical (unpaired) electrons. The van der Waals surface area contributed by atoms with Crippen LogP contribution < -0.4 is 10.5 Å². The summed E-state index contributed by atoms with van der Waals surface area (Å²) in [5.41, 5.74) is 8.47. The van der Waals surface area contributed by atoms with Gasteiger partial charge in [0.2, 0.25) is 0 Å². The molecule has 0 saturated heterocycles. The van der Waals surface area contributed by atoms with E-state index in [0.717, 1.165) is 24.5 Å². The van der Waals surface area contributed by atoms with E-state index in [9.17, 15) is 0 Å². The molecular formula is C17H21N3O. The second-order valence-electron chi connectivity index (χ2n) is 5.49. The minimum Gasteiger partial charge on any atom is -0.492 e. The number of benzene rings is 1. The predicted octanol–water partition coefficient (Wildman–Crippen LogP) is 2.36. The highest BCUT2D eigenvalue weighted by Crippen LogP contribution is 2.29. The molecule has 2 N–H and O–H groups in total. The fourth-order valence-electron chi connectivity index (χ4n) is 2.92. The van der Waals surface area contributed by atoms with E-state index in [1.807, 2.05) is 49.5 Å². The maximum absolute atomic E-state index is 6.25. The molecule has 0 fully saturated rings. The first-order valence-corrected chi connectivity index (χ1v) is 7.37. The van der Waals surface area contributed by atoms with Gasteiger partial charge in [-0.1, -0.05) is 24.3 Å². The van der Waals surface area contributed by atoms with Crippen molar-refractivity contribution >= 4 is 0 Å². The van der Waals surface area contributed by atoms with Crippen molar-refractivity contribution in [2.75, 3.05) is 13.2 Å². The Kier molecular flexibility index (Phi) is 4.18. The van der Waals surface area contributed by atoms with Crippen molar-refractivity contribution in [1.82, 2.24) is 9.88 Å². The zero-order valence-corrected chi connectivity index (χ0v) is 12.3. The SMILES string of the molecule is CC(N)C(c1ccccn1)N1CCOc2ccccc2C1. The molecule has 1 aliphatic rings. The molecule has 3 rings (SSSR count). The van der Waals surface area contributed by atoms with Crippen molar-refractivity contribution in [2.45, 2.75) is 25.6 Å². The molecule has 2 atom stereocenters. The lowest BCUT2D eigenvalue weighted by Crippen LogP contribution is -2.40. The van der Waals surface area contributed by atoms with E-state index in [4.69, 9.17) is 10.5 Å². The van der Waals surface area contributed by atoms with Crippen LogP contribution in [0, 0.1) is 0 Å². The molecule has 110 valence electrons. The summed E-state index contributed by atoms with van der Waals surface area (Å²) in [4.78, 5) is 6.86. The predicted molar refractivity (Wildman–Crippen MR) is 83.0 cm³/mol. The van der Waals surface area contributed by atoms with Crippen LogP contribution >= 0.6 is 0 Å². The molecule has 0 bridgehead atoms. The second-order valence-corrected chi connectivity index (χ2v) is 5.49. The molecule has 0 spiro atoms. The molecule has 2 unspecified atom stereocenters. The van der Waals surface area contributed by atoms with Gasteiger partial charge in [-0.05, 0) is 25.1 Å². The van der Waals surface area contributed by atoms with Crippen molar-refractivity contribution in [3.8, 4) is 5.75 Å². The van der Waals surface area contributed by atoms with E-state index in [0.29, 0.717) is 6.61 Å². The number of fused-ring (bicyclic) bond motifs is 1. The number of hydrogen-bond acceptors (Lipinski definition) is 4. The Bertz CT molecular complexity index is 586. The van der Waals surface area contributed by atoms with Gasteiger partial charge in [-0.25, -0.2) is 0 Å². The third kappa shape index (κ3) is 3.06. The van der Waals surface area contributed by atoms with Crippen LogP contribution in [0.3, 0.4) is 0 Å². The van der Waals surface area contributed by atoms with Crippen molar-refractivity contribution in [2.24, 2.45) is 5.73 Å². The smallest absolute Gasteiger partial charge is 0.123 e. The lowest BCUT2D eigenvalue weighted by atomic mass is 10.0. The van der Waals surface area contributed by atoms with Crippen LogP contribution in [0.5, 0.6) is 5.75 Å². The fraction of sp³-hybridized carbons (Fsp3) is 0.353. The van der Waals surface area contributed by atoms with Crippen LogP contribution in [0.25, 0.3) is 0 Å². The summed E-state index contributed by atoms with van der Waals surface area (Å²) >= 11 is 0. The molecule has 1 aromatic heterocycles. The molecule has 21 heavy (non-hydrogen) atoms. The average Bonchev–Trinajstić information content (AvgIpc) is 2.70. The monoisotopic (exact) mass is 283 g/mol. The number of hydrogen-bond donors (Lipinski definition) is 1. The molecule has 4 heteroatoms. The highest BCUT2D eigenvalue weighted by Gasteiger charge is 2.27. The van der Waals surface area contributed by atoms with Gasteiger partial charge in [0, 0.05) is 30.9 Å². The first kappa shape index (κ1) is 14.0. The van der Waals surface area contributed by atoms with Crippen molar-refractivity contribution in [1.29, 1.82) is 0 Å². The van der Waals surface area contributed by atoms with E-state index in [-0.39, 0.29) is 12.1 Å². The summed E-state index contributed by atoms with van der Waals surface area (Å²) in [5, 5.41) is 0. The van der Waals surface area contributed by atoms with E-state index >= 15 is 0 Å². The van der Waals surface area contributed by atoms with Crippen LogP contribution in [-0.4, -0.2) is 29.1 Å². The van der Waals surface area contributed by atoms with Crippen LogP contribution in [-0.2, 0) is 6.54 Å². The van der Waals surface area contributed by atoms with E-state index in [1.54, 1.807) is 0 Å². The summed E-state index contributed by atoms with van der Waals surface area (Å²) in [5.74, 6) is 0.976. The topological polar surface area (TPSA) is 51.4 Å². The minimum absolute atomic E-state index is 0.00478. The maximum Gasteiger partial charge on any atom is 0.123 e. The molecule has 1 aromatic carbocycles. The second kappa shape index (κ2) is 6.24. The Balaban J connectivity index is 1.90. The number of nitrogens with two attached hydrogens (primary N) is 1. The Labute approximate surface area is 125 Å². The van der Waals surface area contributed by atoms with Gasteiger partial charge in [0.05, 0.1) is 11.7 Å². The number of nitrogens with zero attached hydrogens (tertiary/aromatic N) is 2. The zero-order valence-electron chi connectivity index (χ0n) is 12.3. The van der Waals surface area contributed by atoms with Crippen LogP contribution in [0.15, 0.2) is 48.7 Å². The Morgan fingerprint density at radius 2 is 2.00 bits per heavy atom. The van der Waals surface area contributed by atoms with Crippen LogP contribution in [0.2, 0.25) is 0 Å². The standard InChI is InChI=1S/C17H21N3O/c1-13(18)17(15-7-4-5-9-19-15)20-10-11-21-16-8-3-2-6-14(16)12-20/h2-9,13,17H,10-12,18H2,1H3. The quantitative estimate of drug-likeness (QED) is 0.939. The maximum atomic E-state index is 6.25. The summed E-state index contributed by atoms with van der Waals surface area (Å²) in [7, 11) is 0. The van der Waals surface area contributed by atoms with Gasteiger partial charge < -0.3 is 10.5 Å². The number of para-hydroxylation sites is 1. The van der Waals surface area contributed by atoms with E-state index < -0.39 is 0 Å². The highest BCUT2D eigenvalue weighted by molar-refractivity contribution is 5.34. The van der Waals surface area contributed by atoms with Crippen molar-refractivity contribution in [3.05, 3.63) is 59.9 Å². The number of aromatic nitrogens is 1. The summed E-state index contributed by atoms with van der Waals surface area (Å²) < 4.78 is 5.84. The van der Waals surface area contributed by atoms with Crippen molar-refractivity contribution < 1.29 is 4.74 Å². The van der Waals surface area contributed by atoms with Gasteiger partial charge in [0.15, 0.2) is 0 Å². The van der Waals surface area contributed by atoms with Gasteiger partial charge in [-0.2, -0.15) is 0 Å². The summed E-state index contributed by atoms with van der Waals surface area (Å²) in [6.07, 6.45) is 1.83. The molecule has 4 nitrogen and oxygen atoms in total. The molecule has 0 amide bonds. The Morgan fingerprint density at radius 1 is 1.19 bits per heavy atom. The van der Waals surface area contributed by atoms with Gasteiger partial charge in [-0.3, -0.25) is 9.88 Å². The van der Waals surface area contributed by atoms with Crippen LogP contribution in [0.1, 0.15) is 24.2 Å². The van der Waals surface area contributed by atoms with Gasteiger partial charge in [0.1, 0.15) is 12.4 Å². The summed E-state index contributed by atoms with van der Waals surface area (Å²) in [6.45, 7) is 4.39. The molecule has 1 aliphatic heterocycles. The van der Waals surface area contributed by atoms with Gasteiger partial charge in [-0.15, -0.1) is 0 Å². The van der Waals surface area contributed by atoms with Crippen molar-refractivity contribution in [3.63, 3.8) is 0 Å². The molecular weight excluding hydrogens is 262 g/mol. The minimum atomic E-state index is 0.00478. The Morgan fingerprint density at radius 3 is 2.76 bits per heavy atom.